The van der Waals surface area contributed by atoms with Crippen LogP contribution in [0.25, 0.3) is 0 Å². The maximum Gasteiger partial charge on any atom is 0.123 e. The molecular formula is C8H10O. The highest BCUT2D eigenvalue weighted by atomic mass is 16.1. The van der Waals surface area contributed by atoms with Gasteiger partial charge in [-0.15, -0.1) is 0 Å². The van der Waals surface area contributed by atoms with Crippen LogP contribution in [0.5, 0.6) is 0 Å². The average Bonchev–Trinajstić information content (AvgIpc) is 2.45. The summed E-state index contributed by atoms with van der Waals surface area (Å²) in [5, 5.41) is 0. The Morgan fingerprint density at radius 1 is 1.33 bits per heavy atom. The first-order valence-electron chi connectivity index (χ1n) is 3.54. The fourth-order valence-electron chi connectivity index (χ4n) is 1.98. The lowest BCUT2D eigenvalue weighted by molar-refractivity contribution is -0.111. The fourth-order valence-corrected chi connectivity index (χ4v) is 1.98. The topological polar surface area (TPSA) is 17.1 Å². The van der Waals surface area contributed by atoms with E-state index in [4.69, 9.17) is 0 Å². The Balaban J connectivity index is 2.19. The van der Waals surface area contributed by atoms with E-state index in [1.165, 1.54) is 6.42 Å². The molecule has 0 heterocycles. The summed E-state index contributed by atoms with van der Waals surface area (Å²) in [4.78, 5) is 10.4. The van der Waals surface area contributed by atoms with Crippen molar-refractivity contribution in [3.63, 3.8) is 0 Å². The van der Waals surface area contributed by atoms with E-state index in [9.17, 15) is 4.79 Å². The third-order valence-electron chi connectivity index (χ3n) is 2.51. The van der Waals surface area contributed by atoms with E-state index in [0.717, 1.165) is 18.6 Å². The first kappa shape index (κ1) is 5.21. The maximum absolute atomic E-state index is 10.4. The third-order valence-corrected chi connectivity index (χ3v) is 2.51. The van der Waals surface area contributed by atoms with Gasteiger partial charge in [-0.25, -0.2) is 0 Å². The summed E-state index contributed by atoms with van der Waals surface area (Å²) in [6, 6.07) is 0. The second-order valence-corrected chi connectivity index (χ2v) is 3.08. The van der Waals surface area contributed by atoms with E-state index in [0.29, 0.717) is 11.8 Å². The van der Waals surface area contributed by atoms with Crippen molar-refractivity contribution < 1.29 is 4.79 Å². The normalized spacial score (nSPS) is 46.0. The lowest BCUT2D eigenvalue weighted by Crippen LogP contribution is -2.07. The van der Waals surface area contributed by atoms with Crippen LogP contribution in [-0.2, 0) is 4.79 Å². The third kappa shape index (κ3) is 0.640. The smallest absolute Gasteiger partial charge is 0.123 e. The van der Waals surface area contributed by atoms with Gasteiger partial charge in [0.05, 0.1) is 0 Å². The molecule has 0 amide bonds. The van der Waals surface area contributed by atoms with Gasteiger partial charge in [-0.2, -0.15) is 0 Å². The molecule has 1 saturated carbocycles. The monoisotopic (exact) mass is 122 g/mol. The summed E-state index contributed by atoms with van der Waals surface area (Å²) in [6.45, 7) is 0. The minimum atomic E-state index is 0.361. The second-order valence-electron chi connectivity index (χ2n) is 3.08. The van der Waals surface area contributed by atoms with Crippen molar-refractivity contribution >= 4 is 6.29 Å². The van der Waals surface area contributed by atoms with Crippen molar-refractivity contribution in [3.8, 4) is 0 Å². The van der Waals surface area contributed by atoms with Crippen LogP contribution in [0.3, 0.4) is 0 Å². The fraction of sp³-hybridized carbons (Fsp3) is 0.625. The molecule has 2 aliphatic carbocycles. The molecule has 1 nitrogen and oxygen atoms in total. The SMILES string of the molecule is O=C[C@H]1C[C@H]2C=C[C@@H]1C2. The first-order valence-corrected chi connectivity index (χ1v) is 3.54. The highest BCUT2D eigenvalue weighted by molar-refractivity contribution is 5.56. The molecule has 1 heteroatoms. The van der Waals surface area contributed by atoms with E-state index in [1.807, 2.05) is 0 Å². The molecule has 1 fully saturated rings. The highest BCUT2D eigenvalue weighted by Gasteiger charge is 2.34. The lowest BCUT2D eigenvalue weighted by Gasteiger charge is -2.08. The molecule has 0 unspecified atom stereocenters. The molecule has 0 saturated heterocycles. The minimum absolute atomic E-state index is 0.361. The quantitative estimate of drug-likeness (QED) is 0.379. The van der Waals surface area contributed by atoms with E-state index in [-0.39, 0.29) is 0 Å². The second kappa shape index (κ2) is 1.69. The van der Waals surface area contributed by atoms with Crippen LogP contribution in [0.1, 0.15) is 12.8 Å². The van der Waals surface area contributed by atoms with Gasteiger partial charge in [-0.1, -0.05) is 12.2 Å². The van der Waals surface area contributed by atoms with Crippen LogP contribution >= 0.6 is 0 Å². The zero-order chi connectivity index (χ0) is 6.27. The summed E-state index contributed by atoms with van der Waals surface area (Å²) in [6.07, 6.45) is 7.93. The Kier molecular flexibility index (Phi) is 0.981. The average molecular weight is 122 g/mol. The van der Waals surface area contributed by atoms with E-state index >= 15 is 0 Å². The van der Waals surface area contributed by atoms with Crippen LogP contribution < -0.4 is 0 Å². The number of fused-ring (bicyclic) bond motifs is 2. The Hall–Kier alpha value is -0.590. The Bertz CT molecular complexity index is 160. The summed E-state index contributed by atoms with van der Waals surface area (Å²) in [5.74, 6) is 1.71. The van der Waals surface area contributed by atoms with Crippen molar-refractivity contribution in [1.29, 1.82) is 0 Å². The van der Waals surface area contributed by atoms with Crippen LogP contribution in [0, 0.1) is 17.8 Å². The van der Waals surface area contributed by atoms with Crippen LogP contribution in [0.4, 0.5) is 0 Å². The number of rotatable bonds is 1. The van der Waals surface area contributed by atoms with Gasteiger partial charge in [0.1, 0.15) is 6.29 Å². The largest absolute Gasteiger partial charge is 0.303 e. The Labute approximate surface area is 54.8 Å². The van der Waals surface area contributed by atoms with Gasteiger partial charge in [-0.3, -0.25) is 0 Å². The molecule has 9 heavy (non-hydrogen) atoms. The van der Waals surface area contributed by atoms with Crippen molar-refractivity contribution in [3.05, 3.63) is 12.2 Å². The van der Waals surface area contributed by atoms with Gasteiger partial charge >= 0.3 is 0 Å². The van der Waals surface area contributed by atoms with Crippen LogP contribution in [-0.4, -0.2) is 6.29 Å². The number of carbonyl (C=O) groups is 1. The molecular weight excluding hydrogens is 112 g/mol. The molecule has 0 N–H and O–H groups in total. The molecule has 2 bridgehead atoms. The predicted molar refractivity (Wildman–Crippen MR) is 34.9 cm³/mol. The summed E-state index contributed by atoms with van der Waals surface area (Å²) >= 11 is 0. The molecule has 2 aliphatic rings. The van der Waals surface area contributed by atoms with Gasteiger partial charge in [-0.05, 0) is 24.7 Å². The number of carbonyl (C=O) groups excluding carboxylic acids is 1. The number of hydrogen-bond donors (Lipinski definition) is 0. The van der Waals surface area contributed by atoms with E-state index in [2.05, 4.69) is 12.2 Å². The zero-order valence-corrected chi connectivity index (χ0v) is 5.29. The number of hydrogen-bond acceptors (Lipinski definition) is 1. The molecule has 0 aliphatic heterocycles. The Morgan fingerprint density at radius 2 is 2.22 bits per heavy atom. The Morgan fingerprint density at radius 3 is 2.56 bits per heavy atom. The van der Waals surface area contributed by atoms with Crippen molar-refractivity contribution in [2.75, 3.05) is 0 Å². The predicted octanol–water partition coefficient (Wildman–Crippen LogP) is 1.40. The van der Waals surface area contributed by atoms with Crippen LogP contribution in [0.2, 0.25) is 0 Å². The molecule has 0 aromatic carbocycles. The molecule has 0 aromatic heterocycles. The van der Waals surface area contributed by atoms with Gasteiger partial charge < -0.3 is 4.79 Å². The van der Waals surface area contributed by atoms with Crippen molar-refractivity contribution in [1.82, 2.24) is 0 Å². The van der Waals surface area contributed by atoms with E-state index in [1.54, 1.807) is 0 Å². The number of aldehydes is 1. The van der Waals surface area contributed by atoms with E-state index < -0.39 is 0 Å². The summed E-state index contributed by atoms with van der Waals surface area (Å²) in [5.41, 5.74) is 0. The minimum Gasteiger partial charge on any atom is -0.303 e. The van der Waals surface area contributed by atoms with Crippen LogP contribution in [0.15, 0.2) is 12.2 Å². The summed E-state index contributed by atoms with van der Waals surface area (Å²) < 4.78 is 0. The lowest BCUT2D eigenvalue weighted by atomic mass is 9.95. The molecule has 2 rings (SSSR count). The molecule has 3 atom stereocenters. The first-order chi connectivity index (χ1) is 4.40. The zero-order valence-electron chi connectivity index (χ0n) is 5.29. The van der Waals surface area contributed by atoms with Gasteiger partial charge in [0, 0.05) is 5.92 Å². The molecule has 0 aromatic rings. The van der Waals surface area contributed by atoms with Gasteiger partial charge in [0.2, 0.25) is 0 Å². The highest BCUT2D eigenvalue weighted by Crippen LogP contribution is 2.42. The van der Waals surface area contributed by atoms with Crippen molar-refractivity contribution in [2.45, 2.75) is 12.8 Å². The maximum atomic E-state index is 10.4. The van der Waals surface area contributed by atoms with Gasteiger partial charge in [0.25, 0.3) is 0 Å². The van der Waals surface area contributed by atoms with Crippen molar-refractivity contribution in [2.24, 2.45) is 17.8 Å². The molecule has 0 spiro atoms. The molecule has 48 valence electrons. The van der Waals surface area contributed by atoms with Gasteiger partial charge in [0.15, 0.2) is 0 Å². The summed E-state index contributed by atoms with van der Waals surface area (Å²) in [7, 11) is 0. The standard InChI is InChI=1S/C8H10O/c9-5-8-4-6-1-2-7(8)3-6/h1-2,5-8H,3-4H2/t6-,7+,8+/m0/s1. The molecule has 0 radical (unpaired) electrons. The number of allylic oxidation sites excluding steroid dienone is 2.